The minimum absolute atomic E-state index is 0.343. The van der Waals surface area contributed by atoms with Gasteiger partial charge in [-0.25, -0.2) is 0 Å². The second kappa shape index (κ2) is 18.1. The number of hydrogen-bond acceptors (Lipinski definition) is 8. The van der Waals surface area contributed by atoms with Gasteiger partial charge in [-0.15, -0.1) is 0 Å². The summed E-state index contributed by atoms with van der Waals surface area (Å²) in [4.78, 5) is 0. The van der Waals surface area contributed by atoms with Crippen LogP contribution in [0.2, 0.25) is 0 Å². The van der Waals surface area contributed by atoms with Crippen molar-refractivity contribution >= 4 is 15.2 Å². The molecule has 32 heavy (non-hydrogen) atoms. The fourth-order valence-electron chi connectivity index (χ4n) is 2.66. The molecule has 182 valence electrons. The zero-order valence-electron chi connectivity index (χ0n) is 19.3. The highest BCUT2D eigenvalue weighted by atomic mass is 31.2. The molecule has 2 aromatic rings. The van der Waals surface area contributed by atoms with Gasteiger partial charge in [0.1, 0.15) is 0 Å². The van der Waals surface area contributed by atoms with Crippen LogP contribution in [0.15, 0.2) is 60.7 Å². The maximum atomic E-state index is 12.1. The van der Waals surface area contributed by atoms with E-state index in [-0.39, 0.29) is 0 Å². The molecule has 0 fully saturated rings. The normalized spacial score (nSPS) is 11.1. The molecule has 8 nitrogen and oxygen atoms in total. The van der Waals surface area contributed by atoms with E-state index in [9.17, 15) is 9.13 Å². The molecule has 0 atom stereocenters. The van der Waals surface area contributed by atoms with E-state index in [1.807, 2.05) is 88.4 Å². The Morgan fingerprint density at radius 1 is 0.562 bits per heavy atom. The molecule has 0 bridgehead atoms. The van der Waals surface area contributed by atoms with Gasteiger partial charge in [-0.3, -0.25) is 19.6 Å². The van der Waals surface area contributed by atoms with Crippen LogP contribution in [-0.2, 0) is 39.5 Å². The molecule has 0 unspecified atom stereocenters. The molecule has 0 radical (unpaired) electrons. The lowest BCUT2D eigenvalue weighted by Crippen LogP contribution is -1.98. The maximum Gasteiger partial charge on any atom is 0.335 e. The Morgan fingerprint density at radius 3 is 1.03 bits per heavy atom. The summed E-state index contributed by atoms with van der Waals surface area (Å²) in [5, 5.41) is 12.0. The number of rotatable bonds is 12. The number of benzene rings is 2. The molecule has 0 saturated heterocycles. The van der Waals surface area contributed by atoms with Crippen LogP contribution in [0.1, 0.15) is 38.8 Å². The summed E-state index contributed by atoms with van der Waals surface area (Å²) in [7, 11) is -5.88. The van der Waals surface area contributed by atoms with E-state index in [0.717, 1.165) is 11.1 Å². The summed E-state index contributed by atoms with van der Waals surface area (Å²) in [6.45, 7) is 8.89. The van der Waals surface area contributed by atoms with Crippen molar-refractivity contribution in [2.24, 2.45) is 0 Å². The van der Waals surface area contributed by atoms with Gasteiger partial charge in [-0.2, -0.15) is 0 Å². The fourth-order valence-corrected chi connectivity index (χ4v) is 6.06. The fraction of sp³-hybridized carbons (Fsp3) is 0.455. The van der Waals surface area contributed by atoms with Crippen molar-refractivity contribution in [2.75, 3.05) is 26.4 Å². The lowest BCUT2D eigenvalue weighted by atomic mass is 10.2. The van der Waals surface area contributed by atoms with Crippen LogP contribution in [-0.4, -0.2) is 36.9 Å². The first-order valence-electron chi connectivity index (χ1n) is 10.4. The highest BCUT2D eigenvalue weighted by molar-refractivity contribution is 7.53. The lowest BCUT2D eigenvalue weighted by Gasteiger charge is -2.16. The molecular formula is C22H36O8P2. The van der Waals surface area contributed by atoms with E-state index in [2.05, 4.69) is 0 Å². The third-order valence-electron chi connectivity index (χ3n) is 3.74. The molecule has 0 aromatic heterocycles. The third kappa shape index (κ3) is 13.3. The van der Waals surface area contributed by atoms with Crippen molar-refractivity contribution in [2.45, 2.75) is 40.0 Å². The van der Waals surface area contributed by atoms with Crippen molar-refractivity contribution in [3.05, 3.63) is 71.8 Å². The van der Waals surface area contributed by atoms with E-state index in [1.54, 1.807) is 0 Å². The van der Waals surface area contributed by atoms with Crippen molar-refractivity contribution < 1.29 is 37.7 Å². The molecule has 0 spiro atoms. The average Bonchev–Trinajstić information content (AvgIpc) is 2.77. The second-order valence-corrected chi connectivity index (χ2v) is 10.3. The molecular weight excluding hydrogens is 454 g/mol. The van der Waals surface area contributed by atoms with Crippen LogP contribution in [0.4, 0.5) is 0 Å². The van der Waals surface area contributed by atoms with Gasteiger partial charge < -0.3 is 18.1 Å². The van der Waals surface area contributed by atoms with Gasteiger partial charge in [0, 0.05) is 0 Å². The topological polar surface area (TPSA) is 112 Å². The summed E-state index contributed by atoms with van der Waals surface area (Å²) in [5.74, 6) is 0. The minimum atomic E-state index is -2.94. The first-order valence-corrected chi connectivity index (χ1v) is 13.9. The van der Waals surface area contributed by atoms with E-state index >= 15 is 0 Å². The minimum Gasteiger partial charge on any atom is -0.309 e. The second-order valence-electron chi connectivity index (χ2n) is 6.18. The van der Waals surface area contributed by atoms with Gasteiger partial charge in [0.2, 0.25) is 0 Å². The first-order chi connectivity index (χ1) is 15.4. The first kappa shape index (κ1) is 30.7. The Balaban J connectivity index is 0.000000557. The highest BCUT2D eigenvalue weighted by Gasteiger charge is 2.24. The van der Waals surface area contributed by atoms with E-state index in [0.29, 0.717) is 38.8 Å². The zero-order chi connectivity index (χ0) is 24.3. The monoisotopic (exact) mass is 490 g/mol. The Morgan fingerprint density at radius 2 is 0.812 bits per heavy atom. The van der Waals surface area contributed by atoms with Crippen molar-refractivity contribution in [3.8, 4) is 0 Å². The molecule has 2 rings (SSSR count). The van der Waals surface area contributed by atoms with Gasteiger partial charge in [0.25, 0.3) is 0 Å². The van der Waals surface area contributed by atoms with E-state index in [1.165, 1.54) is 0 Å². The molecule has 0 aliphatic carbocycles. The van der Waals surface area contributed by atoms with Gasteiger partial charge >= 0.3 is 15.2 Å². The molecule has 0 heterocycles. The van der Waals surface area contributed by atoms with Crippen LogP contribution < -0.4 is 0 Å². The van der Waals surface area contributed by atoms with Crippen molar-refractivity contribution in [1.29, 1.82) is 0 Å². The molecule has 0 aliphatic rings. The van der Waals surface area contributed by atoms with Crippen LogP contribution in [0.5, 0.6) is 0 Å². The van der Waals surface area contributed by atoms with Crippen molar-refractivity contribution in [3.63, 3.8) is 0 Å². The van der Waals surface area contributed by atoms with Gasteiger partial charge in [0.05, 0.1) is 38.8 Å². The standard InChI is InChI=1S/2C11H17O3P.H2O2/c2*1-3-13-15(12,14-4-2)10-11-8-6-5-7-9-11;1-2/h2*5-9H,3-4,10H2,1-2H3;1-2H. The van der Waals surface area contributed by atoms with Gasteiger partial charge in [-0.1, -0.05) is 60.7 Å². The van der Waals surface area contributed by atoms with Crippen molar-refractivity contribution in [1.82, 2.24) is 0 Å². The Kier molecular flexibility index (Phi) is 17.4. The van der Waals surface area contributed by atoms with Gasteiger partial charge in [0.15, 0.2) is 0 Å². The predicted molar refractivity (Wildman–Crippen MR) is 127 cm³/mol. The van der Waals surface area contributed by atoms with Crippen LogP contribution in [0, 0.1) is 0 Å². The Bertz CT molecular complexity index is 700. The summed E-state index contributed by atoms with van der Waals surface area (Å²) in [6, 6.07) is 19.2. The maximum absolute atomic E-state index is 12.1. The molecule has 0 aliphatic heterocycles. The summed E-state index contributed by atoms with van der Waals surface area (Å²) in [5.41, 5.74) is 1.95. The summed E-state index contributed by atoms with van der Waals surface area (Å²) < 4.78 is 45.1. The van der Waals surface area contributed by atoms with Crippen LogP contribution >= 0.6 is 15.2 Å². The van der Waals surface area contributed by atoms with Gasteiger partial charge in [-0.05, 0) is 38.8 Å². The van der Waals surface area contributed by atoms with E-state index < -0.39 is 15.2 Å². The number of hydrogen-bond donors (Lipinski definition) is 2. The third-order valence-corrected chi connectivity index (χ3v) is 7.85. The molecule has 2 aromatic carbocycles. The Hall–Kier alpha value is -1.34. The SMILES string of the molecule is CCOP(=O)(Cc1ccccc1)OCC.CCOP(=O)(Cc1ccccc1)OCC.OO. The molecule has 10 heteroatoms. The lowest BCUT2D eigenvalue weighted by molar-refractivity contribution is -0.176. The van der Waals surface area contributed by atoms with Crippen LogP contribution in [0.25, 0.3) is 0 Å². The molecule has 2 N–H and O–H groups in total. The summed E-state index contributed by atoms with van der Waals surface area (Å²) in [6.07, 6.45) is 0.686. The highest BCUT2D eigenvalue weighted by Crippen LogP contribution is 2.51. The largest absolute Gasteiger partial charge is 0.335 e. The molecule has 0 amide bonds. The quantitative estimate of drug-likeness (QED) is 0.187. The Labute approximate surface area is 191 Å². The van der Waals surface area contributed by atoms with Crippen LogP contribution in [0.3, 0.4) is 0 Å². The average molecular weight is 490 g/mol. The smallest absolute Gasteiger partial charge is 0.309 e. The summed E-state index contributed by atoms with van der Waals surface area (Å²) >= 11 is 0. The predicted octanol–water partition coefficient (Wildman–Crippen LogP) is 6.92. The molecule has 0 saturated carbocycles. The van der Waals surface area contributed by atoms with E-state index in [4.69, 9.17) is 28.6 Å². The zero-order valence-corrected chi connectivity index (χ0v) is 21.0.